The van der Waals surface area contributed by atoms with Crippen molar-refractivity contribution in [3.63, 3.8) is 0 Å². The van der Waals surface area contributed by atoms with E-state index in [0.717, 1.165) is 6.07 Å². The summed E-state index contributed by atoms with van der Waals surface area (Å²) in [6, 6.07) is 2.25. The average Bonchev–Trinajstić information content (AvgIpc) is 2.42. The number of sulfonamides is 1. The molecule has 0 saturated carbocycles. The summed E-state index contributed by atoms with van der Waals surface area (Å²) in [6.07, 6.45) is 0. The fraction of sp³-hybridized carbons (Fsp3) is 0.462. The van der Waals surface area contributed by atoms with E-state index in [-0.39, 0.29) is 16.5 Å². The third-order valence-electron chi connectivity index (χ3n) is 3.06. The third kappa shape index (κ3) is 4.15. The van der Waals surface area contributed by atoms with Crippen LogP contribution in [0, 0.1) is 5.82 Å². The van der Waals surface area contributed by atoms with Crippen LogP contribution in [0.25, 0.3) is 0 Å². The minimum absolute atomic E-state index is 0.138. The lowest BCUT2D eigenvalue weighted by Crippen LogP contribution is -2.46. The van der Waals surface area contributed by atoms with E-state index in [1.807, 2.05) is 0 Å². The quantitative estimate of drug-likeness (QED) is 0.764. The van der Waals surface area contributed by atoms with Gasteiger partial charge in [0.15, 0.2) is 0 Å². The van der Waals surface area contributed by atoms with Crippen LogP contribution in [0.1, 0.15) is 20.8 Å². The van der Waals surface area contributed by atoms with E-state index in [1.54, 1.807) is 13.8 Å². The monoisotopic (exact) mass is 317 g/mol. The van der Waals surface area contributed by atoms with Crippen LogP contribution < -0.4 is 10.5 Å². The maximum absolute atomic E-state index is 13.4. The summed E-state index contributed by atoms with van der Waals surface area (Å²) >= 11 is 0. The second-order valence-electron chi connectivity index (χ2n) is 4.54. The van der Waals surface area contributed by atoms with E-state index in [2.05, 4.69) is 4.72 Å². The molecule has 0 radical (unpaired) electrons. The first-order chi connectivity index (χ1) is 9.72. The van der Waals surface area contributed by atoms with Crippen molar-refractivity contribution in [3.8, 4) is 0 Å². The van der Waals surface area contributed by atoms with E-state index >= 15 is 0 Å². The van der Waals surface area contributed by atoms with Gasteiger partial charge in [-0.25, -0.2) is 12.8 Å². The summed E-state index contributed by atoms with van der Waals surface area (Å²) < 4.78 is 39.8. The molecule has 1 unspecified atom stereocenters. The average molecular weight is 317 g/mol. The molecule has 21 heavy (non-hydrogen) atoms. The maximum Gasteiger partial charge on any atom is 0.241 e. The summed E-state index contributed by atoms with van der Waals surface area (Å²) in [5.74, 6) is -1.15. The normalized spacial score (nSPS) is 13.0. The van der Waals surface area contributed by atoms with Crippen molar-refractivity contribution < 1.29 is 17.6 Å². The maximum atomic E-state index is 13.4. The minimum Gasteiger partial charge on any atom is -0.396 e. The van der Waals surface area contributed by atoms with Crippen molar-refractivity contribution in [2.75, 3.05) is 18.8 Å². The lowest BCUT2D eigenvalue weighted by atomic mass is 10.3. The highest BCUT2D eigenvalue weighted by Gasteiger charge is 2.25. The van der Waals surface area contributed by atoms with E-state index in [9.17, 15) is 17.6 Å². The molecule has 8 heteroatoms. The van der Waals surface area contributed by atoms with Gasteiger partial charge in [-0.3, -0.25) is 4.79 Å². The molecule has 0 saturated heterocycles. The molecule has 0 aromatic heterocycles. The number of benzene rings is 1. The number of carbonyl (C=O) groups excluding carboxylic acids is 1. The van der Waals surface area contributed by atoms with Gasteiger partial charge in [-0.05, 0) is 39.0 Å². The van der Waals surface area contributed by atoms with Crippen LogP contribution >= 0.6 is 0 Å². The van der Waals surface area contributed by atoms with Gasteiger partial charge in [0.2, 0.25) is 15.9 Å². The number of nitrogens with two attached hydrogens (primary N) is 1. The van der Waals surface area contributed by atoms with Gasteiger partial charge in [-0.15, -0.1) is 0 Å². The van der Waals surface area contributed by atoms with Gasteiger partial charge >= 0.3 is 0 Å². The van der Waals surface area contributed by atoms with Crippen LogP contribution in [0.4, 0.5) is 10.1 Å². The summed E-state index contributed by atoms with van der Waals surface area (Å²) in [5.41, 5.74) is 5.17. The van der Waals surface area contributed by atoms with E-state index in [4.69, 9.17) is 5.73 Å². The number of amides is 1. The summed E-state index contributed by atoms with van der Waals surface area (Å²) in [6.45, 7) is 6.03. The number of carbonyl (C=O) groups is 1. The van der Waals surface area contributed by atoms with Crippen molar-refractivity contribution in [1.82, 2.24) is 9.62 Å². The number of halogens is 1. The zero-order valence-electron chi connectivity index (χ0n) is 12.3. The highest BCUT2D eigenvalue weighted by Crippen LogP contribution is 2.16. The van der Waals surface area contributed by atoms with Gasteiger partial charge in [0, 0.05) is 13.1 Å². The van der Waals surface area contributed by atoms with Crippen molar-refractivity contribution >= 4 is 21.6 Å². The van der Waals surface area contributed by atoms with Crippen LogP contribution in [-0.4, -0.2) is 38.4 Å². The highest BCUT2D eigenvalue weighted by atomic mass is 32.2. The molecule has 118 valence electrons. The SMILES string of the molecule is CCN(CC)C(=O)C(C)NS(=O)(=O)c1ccc(N)c(F)c1. The highest BCUT2D eigenvalue weighted by molar-refractivity contribution is 7.89. The molecule has 1 aromatic carbocycles. The Hall–Kier alpha value is -1.67. The zero-order chi connectivity index (χ0) is 16.2. The molecule has 0 aliphatic rings. The minimum atomic E-state index is -3.99. The second-order valence-corrected chi connectivity index (χ2v) is 6.25. The van der Waals surface area contributed by atoms with Crippen LogP contribution in [0.5, 0.6) is 0 Å². The number of hydrogen-bond donors (Lipinski definition) is 2. The number of likely N-dealkylation sites (N-methyl/N-ethyl adjacent to an activating group) is 1. The molecular formula is C13H20FN3O3S. The molecule has 0 heterocycles. The summed E-state index contributed by atoms with van der Waals surface area (Å²) in [7, 11) is -3.99. The molecule has 0 fully saturated rings. The van der Waals surface area contributed by atoms with Gasteiger partial charge in [0.1, 0.15) is 5.82 Å². The number of rotatable bonds is 6. The molecule has 1 amide bonds. The molecular weight excluding hydrogens is 297 g/mol. The number of hydrogen-bond acceptors (Lipinski definition) is 4. The Morgan fingerprint density at radius 3 is 2.43 bits per heavy atom. The lowest BCUT2D eigenvalue weighted by molar-refractivity contribution is -0.132. The molecule has 0 aliphatic heterocycles. The van der Waals surface area contributed by atoms with Gasteiger partial charge in [-0.1, -0.05) is 0 Å². The summed E-state index contributed by atoms with van der Waals surface area (Å²) in [5, 5.41) is 0. The molecule has 1 atom stereocenters. The van der Waals surface area contributed by atoms with Crippen LogP contribution in [-0.2, 0) is 14.8 Å². The van der Waals surface area contributed by atoms with Gasteiger partial charge in [0.05, 0.1) is 16.6 Å². The molecule has 6 nitrogen and oxygen atoms in total. The third-order valence-corrected chi connectivity index (χ3v) is 4.60. The first-order valence-corrected chi connectivity index (χ1v) is 8.07. The zero-order valence-corrected chi connectivity index (χ0v) is 13.1. The molecule has 0 bridgehead atoms. The Morgan fingerprint density at radius 2 is 1.95 bits per heavy atom. The van der Waals surface area contributed by atoms with Crippen molar-refractivity contribution in [2.24, 2.45) is 0 Å². The largest absolute Gasteiger partial charge is 0.396 e. The topological polar surface area (TPSA) is 92.5 Å². The first-order valence-electron chi connectivity index (χ1n) is 6.59. The van der Waals surface area contributed by atoms with Crippen LogP contribution in [0.2, 0.25) is 0 Å². The van der Waals surface area contributed by atoms with E-state index in [1.165, 1.54) is 24.0 Å². The Balaban J connectivity index is 2.94. The Bertz CT molecular complexity index is 615. The van der Waals surface area contributed by atoms with Crippen molar-refractivity contribution in [2.45, 2.75) is 31.7 Å². The molecule has 1 aromatic rings. The van der Waals surface area contributed by atoms with E-state index in [0.29, 0.717) is 13.1 Å². The Labute approximate surface area is 124 Å². The van der Waals surface area contributed by atoms with Crippen molar-refractivity contribution in [1.29, 1.82) is 0 Å². The number of anilines is 1. The molecule has 3 N–H and O–H groups in total. The van der Waals surface area contributed by atoms with Crippen molar-refractivity contribution in [3.05, 3.63) is 24.0 Å². The smallest absolute Gasteiger partial charge is 0.241 e. The number of nitrogen functional groups attached to an aromatic ring is 1. The van der Waals surface area contributed by atoms with Gasteiger partial charge in [0.25, 0.3) is 0 Å². The van der Waals surface area contributed by atoms with Crippen LogP contribution in [0.15, 0.2) is 23.1 Å². The van der Waals surface area contributed by atoms with Gasteiger partial charge < -0.3 is 10.6 Å². The lowest BCUT2D eigenvalue weighted by Gasteiger charge is -2.23. The fourth-order valence-corrected chi connectivity index (χ4v) is 3.04. The predicted molar refractivity (Wildman–Crippen MR) is 78.5 cm³/mol. The molecule has 0 aliphatic carbocycles. The number of nitrogens with zero attached hydrogens (tertiary/aromatic N) is 1. The standard InChI is InChI=1S/C13H20FN3O3S/c1-4-17(5-2)13(18)9(3)16-21(19,20)10-6-7-12(15)11(14)8-10/h6-9,16H,4-5,15H2,1-3H3. The first kappa shape index (κ1) is 17.4. The molecule has 1 rings (SSSR count). The fourth-order valence-electron chi connectivity index (χ4n) is 1.84. The Kier molecular flexibility index (Phi) is 5.68. The molecule has 0 spiro atoms. The van der Waals surface area contributed by atoms with Gasteiger partial charge in [-0.2, -0.15) is 4.72 Å². The summed E-state index contributed by atoms with van der Waals surface area (Å²) in [4.78, 5) is 13.3. The van der Waals surface area contributed by atoms with E-state index < -0.39 is 21.9 Å². The number of nitrogens with one attached hydrogen (secondary N) is 1. The predicted octanol–water partition coefficient (Wildman–Crippen LogP) is 0.943. The second kappa shape index (κ2) is 6.86. The van der Waals surface area contributed by atoms with Crippen LogP contribution in [0.3, 0.4) is 0 Å². The Morgan fingerprint density at radius 1 is 1.38 bits per heavy atom.